The number of aromatic nitrogens is 2. The zero-order chi connectivity index (χ0) is 21.6. The van der Waals surface area contributed by atoms with E-state index in [2.05, 4.69) is 20.8 Å². The van der Waals surface area contributed by atoms with Crippen LogP contribution in [0.3, 0.4) is 0 Å². The average Bonchev–Trinajstić information content (AvgIpc) is 3.15. The van der Waals surface area contributed by atoms with Crippen LogP contribution in [0.4, 0.5) is 10.8 Å². The van der Waals surface area contributed by atoms with Crippen LogP contribution < -0.4 is 15.8 Å². The van der Waals surface area contributed by atoms with Gasteiger partial charge in [0.15, 0.2) is 4.34 Å². The van der Waals surface area contributed by atoms with Gasteiger partial charge in [0.2, 0.25) is 21.1 Å². The Labute approximate surface area is 183 Å². The van der Waals surface area contributed by atoms with Crippen molar-refractivity contribution in [3.63, 3.8) is 0 Å². The number of aryl methyl sites for hydroxylation is 1. The third kappa shape index (κ3) is 6.52. The first-order chi connectivity index (χ1) is 14.3. The van der Waals surface area contributed by atoms with Crippen LogP contribution in [-0.2, 0) is 21.2 Å². The van der Waals surface area contributed by atoms with Crippen molar-refractivity contribution in [1.82, 2.24) is 15.5 Å². The fourth-order valence-electron chi connectivity index (χ4n) is 2.52. The Bertz CT molecular complexity index is 1110. The second kappa shape index (κ2) is 10.0. The van der Waals surface area contributed by atoms with Crippen molar-refractivity contribution in [2.45, 2.75) is 22.6 Å². The largest absolute Gasteiger partial charge is 0.355 e. The standard InChI is InChI=1S/C19H21N5O3S3/c1-13-4-2-3-5-16(13)22-18-23-24-19(29-18)28-12-17(25)21-11-10-14-6-8-15(9-7-14)30(20,26)27/h2-9H,10-12H2,1H3,(H,21,25)(H,22,23)(H2,20,26,27). The van der Waals surface area contributed by atoms with E-state index in [1.165, 1.54) is 35.2 Å². The van der Waals surface area contributed by atoms with E-state index < -0.39 is 10.0 Å². The molecule has 158 valence electrons. The molecular formula is C19H21N5O3S3. The van der Waals surface area contributed by atoms with Crippen LogP contribution in [0.5, 0.6) is 0 Å². The van der Waals surface area contributed by atoms with Gasteiger partial charge in [0.25, 0.3) is 0 Å². The van der Waals surface area contributed by atoms with Crippen LogP contribution in [0.25, 0.3) is 0 Å². The minimum atomic E-state index is -3.69. The molecule has 0 aliphatic carbocycles. The normalized spacial score (nSPS) is 11.3. The number of hydrogen-bond acceptors (Lipinski definition) is 8. The second-order valence-electron chi connectivity index (χ2n) is 6.39. The van der Waals surface area contributed by atoms with Crippen LogP contribution in [-0.4, -0.2) is 36.8 Å². The number of carbonyl (C=O) groups excluding carboxylic acids is 1. The summed E-state index contributed by atoms with van der Waals surface area (Å²) >= 11 is 2.72. The molecule has 1 amide bonds. The molecule has 0 aliphatic heterocycles. The summed E-state index contributed by atoms with van der Waals surface area (Å²) in [6.07, 6.45) is 0.588. The molecule has 11 heteroatoms. The van der Waals surface area contributed by atoms with Gasteiger partial charge in [-0.1, -0.05) is 53.4 Å². The smallest absolute Gasteiger partial charge is 0.238 e. The monoisotopic (exact) mass is 463 g/mol. The van der Waals surface area contributed by atoms with Crippen molar-refractivity contribution < 1.29 is 13.2 Å². The molecule has 4 N–H and O–H groups in total. The lowest BCUT2D eigenvalue weighted by Gasteiger charge is -2.05. The van der Waals surface area contributed by atoms with Crippen LogP contribution in [0.1, 0.15) is 11.1 Å². The highest BCUT2D eigenvalue weighted by atomic mass is 32.2. The van der Waals surface area contributed by atoms with Crippen molar-refractivity contribution >= 4 is 49.8 Å². The molecule has 30 heavy (non-hydrogen) atoms. The highest BCUT2D eigenvalue weighted by Crippen LogP contribution is 2.28. The number of nitrogens with one attached hydrogen (secondary N) is 2. The van der Waals surface area contributed by atoms with E-state index >= 15 is 0 Å². The third-order valence-corrected chi connectivity index (χ3v) is 7.01. The summed E-state index contributed by atoms with van der Waals surface area (Å²) in [6.45, 7) is 2.46. The van der Waals surface area contributed by atoms with Crippen molar-refractivity contribution in [1.29, 1.82) is 0 Å². The van der Waals surface area contributed by atoms with Gasteiger partial charge >= 0.3 is 0 Å². The Morgan fingerprint density at radius 1 is 1.13 bits per heavy atom. The predicted molar refractivity (Wildman–Crippen MR) is 120 cm³/mol. The highest BCUT2D eigenvalue weighted by Gasteiger charge is 2.10. The van der Waals surface area contributed by atoms with E-state index in [0.717, 1.165) is 16.8 Å². The highest BCUT2D eigenvalue weighted by molar-refractivity contribution is 8.01. The lowest BCUT2D eigenvalue weighted by Crippen LogP contribution is -2.27. The molecule has 1 heterocycles. The summed E-state index contributed by atoms with van der Waals surface area (Å²) in [5.74, 6) is 0.133. The molecule has 0 saturated heterocycles. The van der Waals surface area contributed by atoms with Crippen molar-refractivity contribution in [2.75, 3.05) is 17.6 Å². The Morgan fingerprint density at radius 2 is 1.87 bits per heavy atom. The molecule has 3 rings (SSSR count). The number of hydrogen-bond donors (Lipinski definition) is 3. The molecular weight excluding hydrogens is 442 g/mol. The van der Waals surface area contributed by atoms with Crippen LogP contribution in [0.15, 0.2) is 57.8 Å². The first kappa shape index (κ1) is 22.2. The number of para-hydroxylation sites is 1. The molecule has 0 saturated carbocycles. The molecule has 0 aliphatic rings. The summed E-state index contributed by atoms with van der Waals surface area (Å²) < 4.78 is 23.2. The van der Waals surface area contributed by atoms with E-state index in [1.54, 1.807) is 12.1 Å². The molecule has 3 aromatic rings. The fraction of sp³-hybridized carbons (Fsp3) is 0.211. The molecule has 0 atom stereocenters. The molecule has 0 spiro atoms. The SMILES string of the molecule is Cc1ccccc1Nc1nnc(SCC(=O)NCCc2ccc(S(N)(=O)=O)cc2)s1. The van der Waals surface area contributed by atoms with Gasteiger partial charge in [-0.15, -0.1) is 10.2 Å². The van der Waals surface area contributed by atoms with Crippen LogP contribution >= 0.6 is 23.1 Å². The molecule has 8 nitrogen and oxygen atoms in total. The first-order valence-electron chi connectivity index (χ1n) is 8.98. The minimum Gasteiger partial charge on any atom is -0.355 e. The van der Waals surface area contributed by atoms with Gasteiger partial charge in [-0.05, 0) is 42.7 Å². The fourth-order valence-corrected chi connectivity index (χ4v) is 4.63. The third-order valence-electron chi connectivity index (χ3n) is 4.11. The number of nitrogens with zero attached hydrogens (tertiary/aromatic N) is 2. The Balaban J connectivity index is 1.41. The van der Waals surface area contributed by atoms with Gasteiger partial charge < -0.3 is 10.6 Å². The van der Waals surface area contributed by atoms with Crippen molar-refractivity contribution in [3.8, 4) is 0 Å². The molecule has 0 unspecified atom stereocenters. The van der Waals surface area contributed by atoms with E-state index in [-0.39, 0.29) is 16.6 Å². The number of anilines is 2. The second-order valence-corrected chi connectivity index (χ2v) is 10.2. The zero-order valence-electron chi connectivity index (χ0n) is 16.2. The molecule has 2 aromatic carbocycles. The zero-order valence-corrected chi connectivity index (χ0v) is 18.6. The van der Waals surface area contributed by atoms with Gasteiger partial charge in [-0.25, -0.2) is 13.6 Å². The number of rotatable bonds is 9. The van der Waals surface area contributed by atoms with Crippen LogP contribution in [0.2, 0.25) is 0 Å². The van der Waals surface area contributed by atoms with Gasteiger partial charge in [0.1, 0.15) is 0 Å². The van der Waals surface area contributed by atoms with Crippen LogP contribution in [0, 0.1) is 6.92 Å². The van der Waals surface area contributed by atoms with E-state index in [4.69, 9.17) is 5.14 Å². The van der Waals surface area contributed by atoms with Gasteiger partial charge in [-0.3, -0.25) is 4.79 Å². The number of amides is 1. The lowest BCUT2D eigenvalue weighted by molar-refractivity contribution is -0.118. The van der Waals surface area contributed by atoms with E-state index in [9.17, 15) is 13.2 Å². The number of sulfonamides is 1. The minimum absolute atomic E-state index is 0.0695. The van der Waals surface area contributed by atoms with E-state index in [1.807, 2.05) is 31.2 Å². The Hall–Kier alpha value is -2.47. The quantitative estimate of drug-likeness (QED) is 0.416. The van der Waals surface area contributed by atoms with E-state index in [0.29, 0.717) is 22.4 Å². The number of carbonyl (C=O) groups is 1. The molecule has 0 radical (unpaired) electrons. The number of nitrogens with two attached hydrogens (primary N) is 1. The van der Waals surface area contributed by atoms with Crippen molar-refractivity contribution in [3.05, 3.63) is 59.7 Å². The topological polar surface area (TPSA) is 127 Å². The Kier molecular flexibility index (Phi) is 7.43. The summed E-state index contributed by atoms with van der Waals surface area (Å²) in [4.78, 5) is 12.1. The number of benzene rings is 2. The van der Waals surface area contributed by atoms with Crippen molar-refractivity contribution in [2.24, 2.45) is 5.14 Å². The Morgan fingerprint density at radius 3 is 2.57 bits per heavy atom. The summed E-state index contributed by atoms with van der Waals surface area (Å²) in [7, 11) is -3.69. The maximum atomic E-state index is 12.0. The first-order valence-corrected chi connectivity index (χ1v) is 12.3. The predicted octanol–water partition coefficient (Wildman–Crippen LogP) is 2.69. The van der Waals surface area contributed by atoms with Gasteiger partial charge in [0.05, 0.1) is 10.6 Å². The summed E-state index contributed by atoms with van der Waals surface area (Å²) in [6, 6.07) is 14.2. The lowest BCUT2D eigenvalue weighted by atomic mass is 10.1. The van der Waals surface area contributed by atoms with Gasteiger partial charge in [-0.2, -0.15) is 0 Å². The average molecular weight is 464 g/mol. The molecule has 0 bridgehead atoms. The van der Waals surface area contributed by atoms with Gasteiger partial charge in [0, 0.05) is 12.2 Å². The summed E-state index contributed by atoms with van der Waals surface area (Å²) in [5.41, 5.74) is 2.99. The summed E-state index contributed by atoms with van der Waals surface area (Å²) in [5, 5.41) is 20.0. The molecule has 0 fully saturated rings. The number of thioether (sulfide) groups is 1. The maximum Gasteiger partial charge on any atom is 0.238 e. The number of primary sulfonamides is 1. The molecule has 1 aromatic heterocycles. The maximum absolute atomic E-state index is 12.0.